The Bertz CT molecular complexity index is 643. The van der Waals surface area contributed by atoms with Gasteiger partial charge in [0.15, 0.2) is 0 Å². The van der Waals surface area contributed by atoms with Crippen LogP contribution in [0.3, 0.4) is 0 Å². The Balaban J connectivity index is 2.14. The molecule has 0 atom stereocenters. The average Bonchev–Trinajstić information content (AvgIpc) is 2.48. The highest BCUT2D eigenvalue weighted by Crippen LogP contribution is 2.21. The molecule has 4 nitrogen and oxygen atoms in total. The molecule has 0 unspecified atom stereocenters. The maximum absolute atomic E-state index is 12.2. The maximum Gasteiger partial charge on any atom is 0.259 e. The molecule has 0 spiro atoms. The number of carbonyl (C=O) groups excluding carboxylic acids is 1. The van der Waals surface area contributed by atoms with E-state index < -0.39 is 0 Å². The lowest BCUT2D eigenvalue weighted by atomic mass is 10.1. The first-order valence-electron chi connectivity index (χ1n) is 6.60. The van der Waals surface area contributed by atoms with E-state index in [1.807, 2.05) is 18.2 Å². The third-order valence-electron chi connectivity index (χ3n) is 3.01. The van der Waals surface area contributed by atoms with Crippen molar-refractivity contribution in [1.82, 2.24) is 0 Å². The Morgan fingerprint density at radius 2 is 2.00 bits per heavy atom. The standard InChI is InChI=1S/C16H16INO3/c17-12-6-7-15(20)14(10-12)16(21)18-13-5-1-3-11(9-13)4-2-8-19/h1,3,5-7,9-10,19-20H,2,4,8H2,(H,18,21). The van der Waals surface area contributed by atoms with Gasteiger partial charge in [-0.1, -0.05) is 12.1 Å². The van der Waals surface area contributed by atoms with Crippen LogP contribution in [0.2, 0.25) is 0 Å². The number of anilines is 1. The quantitative estimate of drug-likeness (QED) is 0.679. The number of rotatable bonds is 5. The summed E-state index contributed by atoms with van der Waals surface area (Å²) in [6.45, 7) is 0.146. The van der Waals surface area contributed by atoms with E-state index in [1.54, 1.807) is 18.2 Å². The molecule has 0 aliphatic rings. The summed E-state index contributed by atoms with van der Waals surface area (Å²) >= 11 is 2.09. The number of hydrogen-bond donors (Lipinski definition) is 3. The molecule has 0 bridgehead atoms. The van der Waals surface area contributed by atoms with Crippen molar-refractivity contribution in [2.45, 2.75) is 12.8 Å². The van der Waals surface area contributed by atoms with Crippen LogP contribution in [-0.4, -0.2) is 22.7 Å². The first-order chi connectivity index (χ1) is 10.1. The normalized spacial score (nSPS) is 10.4. The number of benzene rings is 2. The minimum atomic E-state index is -0.342. The lowest BCUT2D eigenvalue weighted by Crippen LogP contribution is -2.12. The minimum absolute atomic E-state index is 0.0376. The molecule has 2 rings (SSSR count). The minimum Gasteiger partial charge on any atom is -0.507 e. The molecule has 3 N–H and O–H groups in total. The molecular weight excluding hydrogens is 381 g/mol. The van der Waals surface area contributed by atoms with Crippen LogP contribution in [-0.2, 0) is 6.42 Å². The van der Waals surface area contributed by atoms with Gasteiger partial charge in [-0.05, 0) is 71.3 Å². The van der Waals surface area contributed by atoms with Crippen molar-refractivity contribution < 1.29 is 15.0 Å². The van der Waals surface area contributed by atoms with Gasteiger partial charge in [0.05, 0.1) is 5.56 Å². The largest absolute Gasteiger partial charge is 0.507 e. The van der Waals surface area contributed by atoms with Gasteiger partial charge in [-0.2, -0.15) is 0 Å². The Hall–Kier alpha value is -1.60. The monoisotopic (exact) mass is 397 g/mol. The first kappa shape index (κ1) is 15.8. The highest BCUT2D eigenvalue weighted by atomic mass is 127. The molecule has 0 saturated carbocycles. The highest BCUT2D eigenvalue weighted by molar-refractivity contribution is 14.1. The number of carbonyl (C=O) groups is 1. The SMILES string of the molecule is O=C(Nc1cccc(CCCO)c1)c1cc(I)ccc1O. The van der Waals surface area contributed by atoms with Gasteiger partial charge in [-0.3, -0.25) is 4.79 Å². The maximum atomic E-state index is 12.2. The van der Waals surface area contributed by atoms with Crippen molar-refractivity contribution in [1.29, 1.82) is 0 Å². The van der Waals surface area contributed by atoms with E-state index in [1.165, 1.54) is 6.07 Å². The van der Waals surface area contributed by atoms with E-state index in [9.17, 15) is 9.90 Å². The fourth-order valence-electron chi connectivity index (χ4n) is 1.98. The van der Waals surface area contributed by atoms with Gasteiger partial charge in [-0.25, -0.2) is 0 Å². The summed E-state index contributed by atoms with van der Waals surface area (Å²) in [5.74, 6) is -0.380. The summed E-state index contributed by atoms with van der Waals surface area (Å²) in [7, 11) is 0. The summed E-state index contributed by atoms with van der Waals surface area (Å²) in [5.41, 5.74) is 1.98. The number of aliphatic hydroxyl groups excluding tert-OH is 1. The van der Waals surface area contributed by atoms with E-state index in [2.05, 4.69) is 27.9 Å². The number of nitrogens with one attached hydrogen (secondary N) is 1. The predicted octanol–water partition coefficient (Wildman–Crippen LogP) is 3.17. The number of phenolic OH excluding ortho intramolecular Hbond substituents is 1. The lowest BCUT2D eigenvalue weighted by molar-refractivity contribution is 0.102. The van der Waals surface area contributed by atoms with Crippen molar-refractivity contribution >= 4 is 34.2 Å². The lowest BCUT2D eigenvalue weighted by Gasteiger charge is -2.09. The number of aliphatic hydroxyl groups is 1. The van der Waals surface area contributed by atoms with E-state index >= 15 is 0 Å². The molecule has 0 aromatic heterocycles. The summed E-state index contributed by atoms with van der Waals surface area (Å²) in [5, 5.41) is 21.4. The Morgan fingerprint density at radius 1 is 1.19 bits per heavy atom. The van der Waals surface area contributed by atoms with Crippen LogP contribution in [0.5, 0.6) is 5.75 Å². The average molecular weight is 397 g/mol. The van der Waals surface area contributed by atoms with Gasteiger partial charge in [0.1, 0.15) is 5.75 Å². The molecule has 1 amide bonds. The second kappa shape index (κ2) is 7.42. The van der Waals surface area contributed by atoms with Gasteiger partial charge in [0, 0.05) is 15.9 Å². The molecule has 5 heteroatoms. The van der Waals surface area contributed by atoms with Crippen molar-refractivity contribution in [3.63, 3.8) is 0 Å². The molecule has 0 saturated heterocycles. The molecule has 0 heterocycles. The number of amides is 1. The van der Waals surface area contributed by atoms with E-state index in [0.29, 0.717) is 12.1 Å². The molecule has 0 aliphatic carbocycles. The smallest absolute Gasteiger partial charge is 0.259 e. The zero-order valence-corrected chi connectivity index (χ0v) is 13.5. The Morgan fingerprint density at radius 3 is 2.76 bits per heavy atom. The molecular formula is C16H16INO3. The topological polar surface area (TPSA) is 69.6 Å². The Kier molecular flexibility index (Phi) is 5.58. The van der Waals surface area contributed by atoms with Crippen LogP contribution in [0.1, 0.15) is 22.3 Å². The Labute approximate surface area is 137 Å². The molecule has 2 aromatic rings. The van der Waals surface area contributed by atoms with Crippen molar-refractivity contribution in [2.75, 3.05) is 11.9 Å². The van der Waals surface area contributed by atoms with Crippen LogP contribution in [0.4, 0.5) is 5.69 Å². The molecule has 21 heavy (non-hydrogen) atoms. The third-order valence-corrected chi connectivity index (χ3v) is 3.68. The van der Waals surface area contributed by atoms with Crippen LogP contribution in [0.15, 0.2) is 42.5 Å². The fraction of sp³-hybridized carbons (Fsp3) is 0.188. The van der Waals surface area contributed by atoms with E-state index in [-0.39, 0.29) is 23.8 Å². The number of aromatic hydroxyl groups is 1. The van der Waals surface area contributed by atoms with Gasteiger partial charge >= 0.3 is 0 Å². The molecule has 0 fully saturated rings. The van der Waals surface area contributed by atoms with Gasteiger partial charge in [-0.15, -0.1) is 0 Å². The number of aryl methyl sites for hydroxylation is 1. The van der Waals surface area contributed by atoms with Gasteiger partial charge in [0.25, 0.3) is 5.91 Å². The van der Waals surface area contributed by atoms with Crippen molar-refractivity contribution in [3.05, 3.63) is 57.2 Å². The van der Waals surface area contributed by atoms with Crippen molar-refractivity contribution in [2.24, 2.45) is 0 Å². The van der Waals surface area contributed by atoms with Crippen LogP contribution in [0, 0.1) is 3.57 Å². The number of hydrogen-bond acceptors (Lipinski definition) is 3. The molecule has 0 radical (unpaired) electrons. The van der Waals surface area contributed by atoms with E-state index in [4.69, 9.17) is 5.11 Å². The summed E-state index contributed by atoms with van der Waals surface area (Å²) in [6.07, 6.45) is 1.45. The number of phenols is 1. The second-order valence-corrected chi connectivity index (χ2v) is 5.89. The van der Waals surface area contributed by atoms with Gasteiger partial charge in [0.2, 0.25) is 0 Å². The van der Waals surface area contributed by atoms with Crippen LogP contribution in [0.25, 0.3) is 0 Å². The van der Waals surface area contributed by atoms with Crippen molar-refractivity contribution in [3.8, 4) is 5.75 Å². The van der Waals surface area contributed by atoms with E-state index in [0.717, 1.165) is 15.6 Å². The molecule has 110 valence electrons. The zero-order valence-electron chi connectivity index (χ0n) is 11.3. The predicted molar refractivity (Wildman–Crippen MR) is 90.6 cm³/mol. The zero-order chi connectivity index (χ0) is 15.2. The fourth-order valence-corrected chi connectivity index (χ4v) is 2.47. The van der Waals surface area contributed by atoms with Crippen LogP contribution < -0.4 is 5.32 Å². The number of halogens is 1. The molecule has 2 aromatic carbocycles. The summed E-state index contributed by atoms with van der Waals surface area (Å²) in [4.78, 5) is 12.2. The first-order valence-corrected chi connectivity index (χ1v) is 7.67. The summed E-state index contributed by atoms with van der Waals surface area (Å²) < 4.78 is 0.882. The third kappa shape index (κ3) is 4.44. The van der Waals surface area contributed by atoms with Gasteiger partial charge < -0.3 is 15.5 Å². The van der Waals surface area contributed by atoms with Crippen LogP contribution >= 0.6 is 22.6 Å². The molecule has 0 aliphatic heterocycles. The highest BCUT2D eigenvalue weighted by Gasteiger charge is 2.12. The second-order valence-electron chi connectivity index (χ2n) is 4.64. The summed E-state index contributed by atoms with van der Waals surface area (Å²) in [6, 6.07) is 12.4.